The van der Waals surface area contributed by atoms with Crippen molar-refractivity contribution in [3.05, 3.63) is 57.8 Å². The third kappa shape index (κ3) is 4.02. The molecule has 0 spiro atoms. The molecule has 0 aliphatic carbocycles. The Morgan fingerprint density at radius 1 is 1.29 bits per heavy atom. The zero-order chi connectivity index (χ0) is 17.9. The van der Waals surface area contributed by atoms with Crippen molar-refractivity contribution in [2.45, 2.75) is 13.5 Å². The Morgan fingerprint density at radius 2 is 2.00 bits per heavy atom. The number of hydrogen-bond donors (Lipinski definition) is 2. The highest BCUT2D eigenvalue weighted by Crippen LogP contribution is 2.29. The maximum Gasteiger partial charge on any atom is 0.352 e. The van der Waals surface area contributed by atoms with Crippen LogP contribution in [0.2, 0.25) is 0 Å². The van der Waals surface area contributed by atoms with Crippen molar-refractivity contribution in [3.8, 4) is 5.75 Å². The second kappa shape index (κ2) is 7.61. The molecule has 2 amide bonds. The van der Waals surface area contributed by atoms with Crippen LogP contribution in [0.5, 0.6) is 5.75 Å². The number of aryl methyl sites for hydroxylation is 1. The molecule has 0 saturated heterocycles. The number of ether oxygens (including phenoxy) is 1. The van der Waals surface area contributed by atoms with E-state index in [0.717, 1.165) is 15.6 Å². The van der Waals surface area contributed by atoms with Gasteiger partial charge < -0.3 is 4.74 Å². The van der Waals surface area contributed by atoms with E-state index >= 15 is 0 Å². The minimum Gasteiger partial charge on any atom is -0.486 e. The first kappa shape index (κ1) is 18.2. The monoisotopic (exact) mass is 396 g/mol. The van der Waals surface area contributed by atoms with E-state index in [9.17, 15) is 9.18 Å². The number of carbonyl (C=O) groups excluding carboxylic acids is 1. The van der Waals surface area contributed by atoms with E-state index in [-0.39, 0.29) is 12.4 Å². The van der Waals surface area contributed by atoms with Gasteiger partial charge in [0.1, 0.15) is 6.61 Å². The molecular weight excluding hydrogens is 379 g/mol. The van der Waals surface area contributed by atoms with Gasteiger partial charge in [0, 0.05) is 17.1 Å². The van der Waals surface area contributed by atoms with Crippen LogP contribution in [-0.4, -0.2) is 18.1 Å². The van der Waals surface area contributed by atoms with Gasteiger partial charge in [-0.15, -0.1) is 0 Å². The lowest BCUT2D eigenvalue weighted by molar-refractivity contribution is 0.216. The SMILES string of the molecule is Cc1ccc(OCc2c(Br)cccc2N(N)C(=O)N(C)N)c(F)c1. The fraction of sp³-hybridized carbons (Fsp3) is 0.188. The van der Waals surface area contributed by atoms with Crippen LogP contribution in [-0.2, 0) is 6.61 Å². The number of benzene rings is 2. The molecule has 0 aromatic heterocycles. The minimum atomic E-state index is -0.601. The van der Waals surface area contributed by atoms with Crippen LogP contribution in [0, 0.1) is 12.7 Å². The summed E-state index contributed by atoms with van der Waals surface area (Å²) in [7, 11) is 1.39. The van der Waals surface area contributed by atoms with Crippen LogP contribution in [0.15, 0.2) is 40.9 Å². The van der Waals surface area contributed by atoms with Gasteiger partial charge in [0.2, 0.25) is 0 Å². The lowest BCUT2D eigenvalue weighted by atomic mass is 10.2. The first-order valence-electron chi connectivity index (χ1n) is 7.04. The Balaban J connectivity index is 2.28. The van der Waals surface area contributed by atoms with Gasteiger partial charge in [0.05, 0.1) is 5.69 Å². The largest absolute Gasteiger partial charge is 0.486 e. The van der Waals surface area contributed by atoms with Gasteiger partial charge in [-0.25, -0.2) is 25.9 Å². The second-order valence-corrected chi connectivity index (χ2v) is 6.08. The number of urea groups is 1. The third-order valence-corrected chi connectivity index (χ3v) is 4.06. The molecule has 0 aliphatic rings. The molecule has 8 heteroatoms. The quantitative estimate of drug-likeness (QED) is 0.472. The molecule has 0 fully saturated rings. The predicted molar refractivity (Wildman–Crippen MR) is 93.6 cm³/mol. The first-order valence-corrected chi connectivity index (χ1v) is 7.84. The van der Waals surface area contributed by atoms with Crippen molar-refractivity contribution in [1.29, 1.82) is 0 Å². The molecule has 2 rings (SSSR count). The van der Waals surface area contributed by atoms with Gasteiger partial charge in [-0.3, -0.25) is 5.01 Å². The minimum absolute atomic E-state index is 0.0198. The molecule has 0 radical (unpaired) electrons. The zero-order valence-electron chi connectivity index (χ0n) is 13.3. The van der Waals surface area contributed by atoms with Crippen LogP contribution in [0.1, 0.15) is 11.1 Å². The normalized spacial score (nSPS) is 10.4. The Bertz CT molecular complexity index is 755. The van der Waals surface area contributed by atoms with Crippen LogP contribution < -0.4 is 21.4 Å². The number of halogens is 2. The number of anilines is 1. The molecule has 128 valence electrons. The van der Waals surface area contributed by atoms with Crippen molar-refractivity contribution in [3.63, 3.8) is 0 Å². The Labute approximate surface area is 147 Å². The van der Waals surface area contributed by atoms with E-state index in [2.05, 4.69) is 15.9 Å². The van der Waals surface area contributed by atoms with E-state index in [0.29, 0.717) is 15.7 Å². The van der Waals surface area contributed by atoms with E-state index in [1.54, 1.807) is 37.3 Å². The number of nitrogens with zero attached hydrogens (tertiary/aromatic N) is 2. The van der Waals surface area contributed by atoms with Crippen molar-refractivity contribution in [1.82, 2.24) is 5.01 Å². The summed E-state index contributed by atoms with van der Waals surface area (Å²) in [5.74, 6) is 10.9. The molecule has 0 heterocycles. The number of hydrazine groups is 2. The van der Waals surface area contributed by atoms with Gasteiger partial charge >= 0.3 is 6.03 Å². The molecular formula is C16H18BrFN4O2. The number of nitrogens with two attached hydrogens (primary N) is 2. The summed E-state index contributed by atoms with van der Waals surface area (Å²) in [5, 5.41) is 1.78. The first-order chi connectivity index (χ1) is 11.3. The van der Waals surface area contributed by atoms with Crippen LogP contribution in [0.25, 0.3) is 0 Å². The van der Waals surface area contributed by atoms with Gasteiger partial charge in [-0.2, -0.15) is 0 Å². The van der Waals surface area contributed by atoms with Gasteiger partial charge in [-0.05, 0) is 36.8 Å². The number of hydrogen-bond acceptors (Lipinski definition) is 4. The molecule has 0 bridgehead atoms. The highest BCUT2D eigenvalue weighted by atomic mass is 79.9. The van der Waals surface area contributed by atoms with E-state index < -0.39 is 11.8 Å². The third-order valence-electron chi connectivity index (χ3n) is 3.32. The number of carbonyl (C=O) groups is 1. The van der Waals surface area contributed by atoms with Crippen LogP contribution in [0.4, 0.5) is 14.9 Å². The molecule has 0 saturated carbocycles. The predicted octanol–water partition coefficient (Wildman–Crippen LogP) is 3.08. The highest BCUT2D eigenvalue weighted by molar-refractivity contribution is 9.10. The fourth-order valence-electron chi connectivity index (χ4n) is 2.06. The number of amides is 2. The van der Waals surface area contributed by atoms with Crippen molar-refractivity contribution < 1.29 is 13.9 Å². The summed E-state index contributed by atoms with van der Waals surface area (Å²) < 4.78 is 20.1. The van der Waals surface area contributed by atoms with Crippen LogP contribution in [0.3, 0.4) is 0 Å². The fourth-order valence-corrected chi connectivity index (χ4v) is 2.53. The Hall–Kier alpha value is -2.16. The summed E-state index contributed by atoms with van der Waals surface area (Å²) >= 11 is 3.39. The summed E-state index contributed by atoms with van der Waals surface area (Å²) in [4.78, 5) is 12.0. The smallest absolute Gasteiger partial charge is 0.352 e. The molecule has 0 atom stereocenters. The molecule has 6 nitrogen and oxygen atoms in total. The molecule has 0 unspecified atom stereocenters. The topological polar surface area (TPSA) is 84.8 Å². The summed E-state index contributed by atoms with van der Waals surface area (Å²) in [5.41, 5.74) is 1.79. The van der Waals surface area contributed by atoms with Crippen molar-refractivity contribution >= 4 is 27.6 Å². The van der Waals surface area contributed by atoms with Gasteiger partial charge in [0.25, 0.3) is 0 Å². The molecule has 4 N–H and O–H groups in total. The summed E-state index contributed by atoms with van der Waals surface area (Å²) in [6, 6.07) is 9.24. The average molecular weight is 397 g/mol. The lowest BCUT2D eigenvalue weighted by Gasteiger charge is -2.23. The molecule has 24 heavy (non-hydrogen) atoms. The standard InChI is InChI=1S/C16H18BrFN4O2/c1-10-6-7-15(13(18)8-10)24-9-11-12(17)4-3-5-14(11)22(20)16(23)21(2)19/h3-8H,9,19-20H2,1-2H3. The maximum absolute atomic E-state index is 13.9. The molecule has 0 aliphatic heterocycles. The second-order valence-electron chi connectivity index (χ2n) is 5.22. The van der Waals surface area contributed by atoms with E-state index in [4.69, 9.17) is 16.4 Å². The maximum atomic E-state index is 13.9. The van der Waals surface area contributed by atoms with Crippen molar-refractivity contribution in [2.24, 2.45) is 11.7 Å². The number of rotatable bonds is 4. The van der Waals surface area contributed by atoms with Crippen LogP contribution >= 0.6 is 15.9 Å². The zero-order valence-corrected chi connectivity index (χ0v) is 14.9. The lowest BCUT2D eigenvalue weighted by Crippen LogP contribution is -2.49. The van der Waals surface area contributed by atoms with Gasteiger partial charge in [-0.1, -0.05) is 28.1 Å². The highest BCUT2D eigenvalue weighted by Gasteiger charge is 2.19. The van der Waals surface area contributed by atoms with E-state index in [1.165, 1.54) is 13.1 Å². The van der Waals surface area contributed by atoms with Gasteiger partial charge in [0.15, 0.2) is 11.6 Å². The average Bonchev–Trinajstić information content (AvgIpc) is 2.53. The van der Waals surface area contributed by atoms with E-state index in [1.807, 2.05) is 0 Å². The Morgan fingerprint density at radius 3 is 2.62 bits per heavy atom. The molecule has 2 aromatic carbocycles. The summed E-state index contributed by atoms with van der Waals surface area (Å²) in [6.07, 6.45) is 0. The summed E-state index contributed by atoms with van der Waals surface area (Å²) in [6.45, 7) is 1.81. The Kier molecular flexibility index (Phi) is 5.76. The molecule has 2 aromatic rings. The van der Waals surface area contributed by atoms with Crippen molar-refractivity contribution in [2.75, 3.05) is 12.1 Å².